The number of aliphatic hydroxyl groups is 1. The minimum absolute atomic E-state index is 0.0886. The second kappa shape index (κ2) is 9.79. The van der Waals surface area contributed by atoms with Crippen LogP contribution in [0.2, 0.25) is 0 Å². The van der Waals surface area contributed by atoms with E-state index in [0.29, 0.717) is 41.0 Å². The zero-order valence-corrected chi connectivity index (χ0v) is 19.7. The third kappa shape index (κ3) is 5.36. The summed E-state index contributed by atoms with van der Waals surface area (Å²) in [6, 6.07) is 8.73. The maximum atomic E-state index is 14.2. The summed E-state index contributed by atoms with van der Waals surface area (Å²) >= 11 is 0. The van der Waals surface area contributed by atoms with Crippen LogP contribution in [0, 0.1) is 11.3 Å². The summed E-state index contributed by atoms with van der Waals surface area (Å²) in [4.78, 5) is 28.2. The standard InChI is InChI=1S/C24H26FN7O4/c1-24(2,36)21(25)12-28-22(33)17-11-27-19(8-18(17)30-14-6-15(7-14)31-23(34)35)20-4-3-16-5-13(9-26)10-29-32(16)20/h3-5,8,10-11,14-15,21,31,36H,6-7,12H2,1-2H3,(H,27,30)(H,28,33)(H,34,35). The summed E-state index contributed by atoms with van der Waals surface area (Å²) in [6.45, 7) is 2.26. The van der Waals surface area contributed by atoms with E-state index in [1.54, 1.807) is 28.8 Å². The van der Waals surface area contributed by atoms with Crippen LogP contribution in [0.3, 0.4) is 0 Å². The summed E-state index contributed by atoms with van der Waals surface area (Å²) in [5, 5.41) is 40.3. The van der Waals surface area contributed by atoms with Gasteiger partial charge >= 0.3 is 6.09 Å². The Morgan fingerprint density at radius 3 is 2.69 bits per heavy atom. The van der Waals surface area contributed by atoms with E-state index < -0.39 is 23.8 Å². The topological polar surface area (TPSA) is 165 Å². The van der Waals surface area contributed by atoms with Crippen molar-refractivity contribution in [2.45, 2.75) is 50.5 Å². The number of fused-ring (bicyclic) bond motifs is 1. The van der Waals surface area contributed by atoms with Crippen molar-refractivity contribution in [2.75, 3.05) is 11.9 Å². The first-order valence-corrected chi connectivity index (χ1v) is 11.3. The van der Waals surface area contributed by atoms with Crippen LogP contribution >= 0.6 is 0 Å². The summed E-state index contributed by atoms with van der Waals surface area (Å²) in [6.07, 6.45) is 1.11. The second-order valence-corrected chi connectivity index (χ2v) is 9.32. The highest BCUT2D eigenvalue weighted by Gasteiger charge is 2.32. The van der Waals surface area contributed by atoms with Crippen molar-refractivity contribution < 1.29 is 24.2 Å². The van der Waals surface area contributed by atoms with Crippen molar-refractivity contribution >= 4 is 23.2 Å². The summed E-state index contributed by atoms with van der Waals surface area (Å²) < 4.78 is 15.8. The number of alkyl halides is 1. The number of halogens is 1. The molecule has 36 heavy (non-hydrogen) atoms. The molecule has 1 aliphatic carbocycles. The summed E-state index contributed by atoms with van der Waals surface area (Å²) in [5.41, 5.74) is 1.27. The number of carbonyl (C=O) groups excluding carboxylic acids is 1. The molecule has 1 unspecified atom stereocenters. The van der Waals surface area contributed by atoms with Crippen molar-refractivity contribution in [3.63, 3.8) is 0 Å². The lowest BCUT2D eigenvalue weighted by molar-refractivity contribution is -0.00177. The average Bonchev–Trinajstić information content (AvgIpc) is 3.23. The van der Waals surface area contributed by atoms with Crippen LogP contribution in [0.15, 0.2) is 36.7 Å². The minimum Gasteiger partial charge on any atom is -0.465 e. The maximum Gasteiger partial charge on any atom is 0.404 e. The number of aromatic nitrogens is 3. The van der Waals surface area contributed by atoms with E-state index in [0.717, 1.165) is 0 Å². The molecule has 1 fully saturated rings. The van der Waals surface area contributed by atoms with Crippen molar-refractivity contribution in [1.82, 2.24) is 25.2 Å². The van der Waals surface area contributed by atoms with Gasteiger partial charge in [-0.15, -0.1) is 0 Å². The molecule has 12 heteroatoms. The first-order valence-electron chi connectivity index (χ1n) is 11.3. The first kappa shape index (κ1) is 24.9. The van der Waals surface area contributed by atoms with E-state index in [9.17, 15) is 19.1 Å². The molecule has 0 radical (unpaired) electrons. The number of hydrogen-bond donors (Lipinski definition) is 5. The van der Waals surface area contributed by atoms with Gasteiger partial charge in [-0.25, -0.2) is 13.7 Å². The van der Waals surface area contributed by atoms with E-state index >= 15 is 0 Å². The number of anilines is 1. The molecule has 2 amide bonds. The van der Waals surface area contributed by atoms with Gasteiger partial charge in [0.05, 0.1) is 52.1 Å². The zero-order chi connectivity index (χ0) is 26.0. The fraction of sp³-hybridized carbons (Fsp3) is 0.375. The lowest BCUT2D eigenvalue weighted by Crippen LogP contribution is -2.49. The number of nitrogens with zero attached hydrogens (tertiary/aromatic N) is 4. The average molecular weight is 496 g/mol. The Hall–Kier alpha value is -4.24. The Morgan fingerprint density at radius 2 is 2.03 bits per heavy atom. The Morgan fingerprint density at radius 1 is 1.28 bits per heavy atom. The lowest BCUT2D eigenvalue weighted by atomic mass is 9.86. The third-order valence-corrected chi connectivity index (χ3v) is 6.07. The minimum atomic E-state index is -1.67. The van der Waals surface area contributed by atoms with Gasteiger partial charge in [-0.1, -0.05) is 0 Å². The zero-order valence-electron chi connectivity index (χ0n) is 19.7. The van der Waals surface area contributed by atoms with Gasteiger partial charge in [0.15, 0.2) is 0 Å². The maximum absolute atomic E-state index is 14.2. The van der Waals surface area contributed by atoms with Crippen LogP contribution in [0.25, 0.3) is 16.9 Å². The van der Waals surface area contributed by atoms with Gasteiger partial charge in [-0.3, -0.25) is 9.78 Å². The van der Waals surface area contributed by atoms with Crippen LogP contribution in [0.4, 0.5) is 14.9 Å². The molecule has 0 spiro atoms. The first-order chi connectivity index (χ1) is 17.0. The van der Waals surface area contributed by atoms with E-state index in [1.165, 1.54) is 26.2 Å². The summed E-state index contributed by atoms with van der Waals surface area (Å²) in [7, 11) is 0. The molecule has 3 aromatic rings. The van der Waals surface area contributed by atoms with Crippen molar-refractivity contribution in [1.29, 1.82) is 5.26 Å². The van der Waals surface area contributed by atoms with Gasteiger partial charge < -0.3 is 26.2 Å². The molecule has 3 heterocycles. The van der Waals surface area contributed by atoms with Gasteiger partial charge in [-0.2, -0.15) is 10.4 Å². The molecule has 3 aromatic heterocycles. The fourth-order valence-corrected chi connectivity index (χ4v) is 3.93. The molecule has 0 saturated heterocycles. The van der Waals surface area contributed by atoms with Gasteiger partial charge in [0, 0.05) is 18.3 Å². The quantitative estimate of drug-likeness (QED) is 0.318. The molecule has 0 aliphatic heterocycles. The smallest absolute Gasteiger partial charge is 0.404 e. The number of nitrogens with one attached hydrogen (secondary N) is 3. The SMILES string of the molecule is CC(C)(O)C(F)CNC(=O)c1cnc(-c2ccc3cc(C#N)cnn23)cc1NC1CC(NC(=O)O)C1. The van der Waals surface area contributed by atoms with Crippen LogP contribution in [0.5, 0.6) is 0 Å². The monoisotopic (exact) mass is 495 g/mol. The highest BCUT2D eigenvalue weighted by atomic mass is 19.1. The number of pyridine rings is 1. The molecule has 0 aromatic carbocycles. The molecule has 0 bridgehead atoms. The van der Waals surface area contributed by atoms with Crippen LogP contribution in [0.1, 0.15) is 42.6 Å². The molecule has 1 saturated carbocycles. The normalized spacial score (nSPS) is 18.1. The third-order valence-electron chi connectivity index (χ3n) is 6.07. The molecular weight excluding hydrogens is 469 g/mol. The Labute approximate surface area is 206 Å². The molecule has 11 nitrogen and oxygen atoms in total. The van der Waals surface area contributed by atoms with Crippen molar-refractivity contribution in [3.05, 3.63) is 47.8 Å². The van der Waals surface area contributed by atoms with E-state index in [-0.39, 0.29) is 24.2 Å². The van der Waals surface area contributed by atoms with Crippen LogP contribution in [-0.4, -0.2) is 67.2 Å². The Kier molecular flexibility index (Phi) is 6.76. The predicted octanol–water partition coefficient (Wildman–Crippen LogP) is 2.32. The Balaban J connectivity index is 1.61. The molecule has 4 rings (SSSR count). The van der Waals surface area contributed by atoms with Gasteiger partial charge in [-0.05, 0) is 51.0 Å². The molecular formula is C24H26FN7O4. The molecule has 5 N–H and O–H groups in total. The lowest BCUT2D eigenvalue weighted by Gasteiger charge is -2.36. The number of carboxylic acid groups (broad SMARTS) is 1. The van der Waals surface area contributed by atoms with Gasteiger partial charge in [0.25, 0.3) is 5.91 Å². The van der Waals surface area contributed by atoms with Crippen LogP contribution < -0.4 is 16.0 Å². The van der Waals surface area contributed by atoms with Crippen molar-refractivity contribution in [2.24, 2.45) is 0 Å². The van der Waals surface area contributed by atoms with E-state index in [4.69, 9.17) is 10.4 Å². The summed E-state index contributed by atoms with van der Waals surface area (Å²) in [5.74, 6) is -0.570. The van der Waals surface area contributed by atoms with Crippen molar-refractivity contribution in [3.8, 4) is 17.5 Å². The highest BCUT2D eigenvalue weighted by molar-refractivity contribution is 6.00. The van der Waals surface area contributed by atoms with E-state index in [1.807, 2.05) is 6.07 Å². The number of rotatable bonds is 8. The predicted molar refractivity (Wildman–Crippen MR) is 128 cm³/mol. The number of carbonyl (C=O) groups is 2. The largest absolute Gasteiger partial charge is 0.465 e. The van der Waals surface area contributed by atoms with Gasteiger partial charge in [0.2, 0.25) is 0 Å². The second-order valence-electron chi connectivity index (χ2n) is 9.32. The molecule has 1 atom stereocenters. The molecule has 188 valence electrons. The van der Waals surface area contributed by atoms with Crippen LogP contribution in [-0.2, 0) is 0 Å². The Bertz CT molecular complexity index is 1340. The highest BCUT2D eigenvalue weighted by Crippen LogP contribution is 2.30. The number of amides is 2. The fourth-order valence-electron chi connectivity index (χ4n) is 3.93. The van der Waals surface area contributed by atoms with E-state index in [2.05, 4.69) is 26.0 Å². The molecule has 1 aliphatic rings. The number of hydrogen-bond acceptors (Lipinski definition) is 7. The number of nitriles is 1. The van der Waals surface area contributed by atoms with Gasteiger partial charge in [0.1, 0.15) is 12.2 Å².